The monoisotopic (exact) mass is 547 g/mol. The first-order valence-electron chi connectivity index (χ1n) is 12.1. The van der Waals surface area contributed by atoms with Crippen LogP contribution in [0.3, 0.4) is 0 Å². The third-order valence-electron chi connectivity index (χ3n) is 5.75. The maximum Gasteiger partial charge on any atom is 0.250 e. The van der Waals surface area contributed by atoms with Crippen molar-refractivity contribution < 1.29 is 24.1 Å². The standard InChI is InChI=1S/C28H29N5O5S/c1-5-22(18-11-13-21(34)14-12-18)29-30-25(35)17-39-28-32-31-27(33(28)20-9-7-6-8-10-20)19-15-23(36-2)26(38-4)24(16-19)37-3/h6-16,34H,5,17H2,1-4H3,(H,30,35)/b29-22-. The molecule has 0 aliphatic heterocycles. The highest BCUT2D eigenvalue weighted by Crippen LogP contribution is 2.41. The van der Waals surface area contributed by atoms with Gasteiger partial charge in [0.25, 0.3) is 5.91 Å². The second kappa shape index (κ2) is 12.8. The largest absolute Gasteiger partial charge is 0.508 e. The van der Waals surface area contributed by atoms with Crippen LogP contribution in [0.25, 0.3) is 17.1 Å². The minimum atomic E-state index is -0.290. The van der Waals surface area contributed by atoms with E-state index in [4.69, 9.17) is 14.2 Å². The maximum atomic E-state index is 12.7. The van der Waals surface area contributed by atoms with Gasteiger partial charge in [-0.05, 0) is 60.5 Å². The number of rotatable bonds is 11. The molecule has 0 saturated carbocycles. The summed E-state index contributed by atoms with van der Waals surface area (Å²) in [6, 6.07) is 19.9. The number of aromatic nitrogens is 3. The zero-order valence-corrected chi connectivity index (χ0v) is 22.9. The third kappa shape index (κ3) is 6.32. The number of aromatic hydroxyl groups is 1. The van der Waals surface area contributed by atoms with Crippen LogP contribution in [0.5, 0.6) is 23.0 Å². The molecule has 0 spiro atoms. The van der Waals surface area contributed by atoms with Crippen molar-refractivity contribution in [3.05, 3.63) is 72.3 Å². The molecule has 1 amide bonds. The molecule has 0 unspecified atom stereocenters. The molecule has 0 fully saturated rings. The molecule has 2 N–H and O–H groups in total. The van der Waals surface area contributed by atoms with Gasteiger partial charge in [-0.1, -0.05) is 36.9 Å². The van der Waals surface area contributed by atoms with Crippen molar-refractivity contribution in [3.63, 3.8) is 0 Å². The summed E-state index contributed by atoms with van der Waals surface area (Å²) in [6.07, 6.45) is 0.610. The number of benzene rings is 3. The molecular formula is C28H29N5O5S. The second-order valence-corrected chi connectivity index (χ2v) is 9.12. The number of para-hydroxylation sites is 1. The van der Waals surface area contributed by atoms with E-state index in [-0.39, 0.29) is 17.4 Å². The molecule has 0 atom stereocenters. The Balaban J connectivity index is 1.61. The van der Waals surface area contributed by atoms with Crippen LogP contribution in [-0.2, 0) is 4.79 Å². The predicted molar refractivity (Wildman–Crippen MR) is 150 cm³/mol. The molecule has 3 aromatic carbocycles. The Hall–Kier alpha value is -4.51. The van der Waals surface area contributed by atoms with Crippen LogP contribution in [0.1, 0.15) is 18.9 Å². The number of phenolic OH excluding ortho intramolecular Hbond substituents is 1. The number of nitrogens with one attached hydrogen (secondary N) is 1. The van der Waals surface area contributed by atoms with E-state index in [2.05, 4.69) is 20.7 Å². The first-order valence-corrected chi connectivity index (χ1v) is 13.1. The number of methoxy groups -OCH3 is 3. The van der Waals surface area contributed by atoms with Crippen LogP contribution in [0.4, 0.5) is 0 Å². The van der Waals surface area contributed by atoms with Gasteiger partial charge in [-0.2, -0.15) is 5.10 Å². The zero-order chi connectivity index (χ0) is 27.8. The highest BCUT2D eigenvalue weighted by atomic mass is 32.2. The van der Waals surface area contributed by atoms with Crippen molar-refractivity contribution in [1.29, 1.82) is 0 Å². The number of hydrogen-bond donors (Lipinski definition) is 2. The van der Waals surface area contributed by atoms with Gasteiger partial charge in [-0.15, -0.1) is 10.2 Å². The summed E-state index contributed by atoms with van der Waals surface area (Å²) in [7, 11) is 4.65. The number of ether oxygens (including phenoxy) is 3. The van der Waals surface area contributed by atoms with Crippen LogP contribution in [0, 0.1) is 0 Å². The third-order valence-corrected chi connectivity index (χ3v) is 6.68. The van der Waals surface area contributed by atoms with Crippen molar-refractivity contribution in [3.8, 4) is 40.1 Å². The van der Waals surface area contributed by atoms with Gasteiger partial charge in [0.1, 0.15) is 5.75 Å². The first kappa shape index (κ1) is 27.5. The molecule has 0 aliphatic carbocycles. The number of thioether (sulfide) groups is 1. The molecule has 10 nitrogen and oxygen atoms in total. The second-order valence-electron chi connectivity index (χ2n) is 8.17. The van der Waals surface area contributed by atoms with Gasteiger partial charge in [-0.25, -0.2) is 5.43 Å². The van der Waals surface area contributed by atoms with Crippen molar-refractivity contribution in [2.45, 2.75) is 18.5 Å². The lowest BCUT2D eigenvalue weighted by molar-refractivity contribution is -0.118. The summed E-state index contributed by atoms with van der Waals surface area (Å²) in [5.74, 6) is 1.94. The Morgan fingerprint density at radius 2 is 1.64 bits per heavy atom. The Bertz CT molecular complexity index is 1430. The fourth-order valence-electron chi connectivity index (χ4n) is 3.86. The van der Waals surface area contributed by atoms with Crippen LogP contribution in [0.15, 0.2) is 77.0 Å². The average molecular weight is 548 g/mol. The minimum Gasteiger partial charge on any atom is -0.508 e. The number of nitrogens with zero attached hydrogens (tertiary/aromatic N) is 4. The van der Waals surface area contributed by atoms with Gasteiger partial charge in [0.15, 0.2) is 22.5 Å². The van der Waals surface area contributed by atoms with Gasteiger partial charge < -0.3 is 19.3 Å². The molecule has 0 bridgehead atoms. The van der Waals surface area contributed by atoms with Crippen molar-refractivity contribution in [2.75, 3.05) is 27.1 Å². The lowest BCUT2D eigenvalue weighted by Gasteiger charge is -2.15. The van der Waals surface area contributed by atoms with E-state index in [1.54, 1.807) is 57.7 Å². The molecule has 0 saturated heterocycles. The fraction of sp³-hybridized carbons (Fsp3) is 0.214. The number of hydrogen-bond acceptors (Lipinski definition) is 9. The highest BCUT2D eigenvalue weighted by Gasteiger charge is 2.21. The van der Waals surface area contributed by atoms with Crippen LogP contribution < -0.4 is 19.6 Å². The SMILES string of the molecule is CC/C(=N/NC(=O)CSc1nnc(-c2cc(OC)c(OC)c(OC)c2)n1-c1ccccc1)c1ccc(O)cc1. The summed E-state index contributed by atoms with van der Waals surface area (Å²) >= 11 is 1.24. The Kier molecular flexibility index (Phi) is 9.06. The van der Waals surface area contributed by atoms with Gasteiger partial charge in [0, 0.05) is 11.3 Å². The van der Waals surface area contributed by atoms with Crippen molar-refractivity contribution in [2.24, 2.45) is 5.10 Å². The Labute approximate surface area is 230 Å². The van der Waals surface area contributed by atoms with E-state index in [1.165, 1.54) is 11.8 Å². The smallest absolute Gasteiger partial charge is 0.250 e. The molecule has 0 radical (unpaired) electrons. The molecule has 1 heterocycles. The van der Waals surface area contributed by atoms with E-state index >= 15 is 0 Å². The summed E-state index contributed by atoms with van der Waals surface area (Å²) in [5, 5.41) is 23.2. The zero-order valence-electron chi connectivity index (χ0n) is 22.0. The van der Waals surface area contributed by atoms with Gasteiger partial charge in [0.05, 0.1) is 32.8 Å². The molecular weight excluding hydrogens is 518 g/mol. The molecule has 0 aliphatic rings. The van der Waals surface area contributed by atoms with E-state index in [0.29, 0.717) is 45.9 Å². The number of carbonyl (C=O) groups is 1. The first-order chi connectivity index (χ1) is 19.0. The van der Waals surface area contributed by atoms with Gasteiger partial charge in [0.2, 0.25) is 5.75 Å². The normalized spacial score (nSPS) is 11.2. The molecule has 1 aromatic heterocycles. The van der Waals surface area contributed by atoms with Crippen LogP contribution in [0.2, 0.25) is 0 Å². The summed E-state index contributed by atoms with van der Waals surface area (Å²) in [6.45, 7) is 1.94. The highest BCUT2D eigenvalue weighted by molar-refractivity contribution is 7.99. The molecule has 202 valence electrons. The van der Waals surface area contributed by atoms with Crippen LogP contribution in [-0.4, -0.2) is 58.6 Å². The quantitative estimate of drug-likeness (QED) is 0.158. The Morgan fingerprint density at radius 3 is 2.23 bits per heavy atom. The fourth-order valence-corrected chi connectivity index (χ4v) is 4.61. The van der Waals surface area contributed by atoms with Crippen molar-refractivity contribution in [1.82, 2.24) is 20.2 Å². The van der Waals surface area contributed by atoms with Gasteiger partial charge in [-0.3, -0.25) is 9.36 Å². The number of carbonyl (C=O) groups excluding carboxylic acids is 1. The maximum absolute atomic E-state index is 12.7. The lowest BCUT2D eigenvalue weighted by Crippen LogP contribution is -2.22. The number of phenols is 1. The van der Waals surface area contributed by atoms with E-state index in [9.17, 15) is 9.90 Å². The van der Waals surface area contributed by atoms with E-state index in [1.807, 2.05) is 41.8 Å². The molecule has 11 heteroatoms. The van der Waals surface area contributed by atoms with Crippen LogP contribution >= 0.6 is 11.8 Å². The topological polar surface area (TPSA) is 120 Å². The summed E-state index contributed by atoms with van der Waals surface area (Å²) < 4.78 is 18.4. The molecule has 39 heavy (non-hydrogen) atoms. The van der Waals surface area contributed by atoms with E-state index in [0.717, 1.165) is 11.3 Å². The number of hydrazone groups is 1. The number of amides is 1. The van der Waals surface area contributed by atoms with Crippen molar-refractivity contribution >= 4 is 23.4 Å². The molecule has 4 aromatic rings. The van der Waals surface area contributed by atoms with E-state index < -0.39 is 0 Å². The average Bonchev–Trinajstić information content (AvgIpc) is 3.40. The predicted octanol–water partition coefficient (Wildman–Crippen LogP) is 4.69. The minimum absolute atomic E-state index is 0.0658. The Morgan fingerprint density at radius 1 is 0.974 bits per heavy atom. The molecule has 4 rings (SSSR count). The summed E-state index contributed by atoms with van der Waals surface area (Å²) in [5.41, 5.74) is 5.66. The summed E-state index contributed by atoms with van der Waals surface area (Å²) in [4.78, 5) is 12.7. The lowest BCUT2D eigenvalue weighted by atomic mass is 10.1. The van der Waals surface area contributed by atoms with Gasteiger partial charge >= 0.3 is 0 Å².